The van der Waals surface area contributed by atoms with E-state index in [2.05, 4.69) is 0 Å². The molecule has 0 spiro atoms. The molecule has 0 saturated heterocycles. The van der Waals surface area contributed by atoms with E-state index in [1.807, 2.05) is 44.3 Å². The van der Waals surface area contributed by atoms with Crippen LogP contribution in [0.3, 0.4) is 0 Å². The Morgan fingerprint density at radius 1 is 1.28 bits per heavy atom. The summed E-state index contributed by atoms with van der Waals surface area (Å²) in [6, 6.07) is 9.94. The van der Waals surface area contributed by atoms with Gasteiger partial charge in [-0.05, 0) is 43.7 Å². The lowest BCUT2D eigenvalue weighted by atomic mass is 9.97. The molecule has 1 unspecified atom stereocenters. The van der Waals surface area contributed by atoms with Gasteiger partial charge in [-0.25, -0.2) is 4.98 Å². The molecule has 0 fully saturated rings. The summed E-state index contributed by atoms with van der Waals surface area (Å²) in [5.41, 5.74) is 2.30. The number of hydrogen-bond acceptors (Lipinski definition) is 5. The third-order valence-corrected chi connectivity index (χ3v) is 7.74. The zero-order valence-electron chi connectivity index (χ0n) is 17.0. The number of fused-ring (bicyclic) bond motifs is 3. The van der Waals surface area contributed by atoms with E-state index in [1.54, 1.807) is 27.9 Å². The summed E-state index contributed by atoms with van der Waals surface area (Å²) in [5, 5.41) is 1.07. The number of hydrogen-bond donors (Lipinski definition) is 0. The van der Waals surface area contributed by atoms with Crippen molar-refractivity contribution >= 4 is 39.2 Å². The maximum absolute atomic E-state index is 13.0. The van der Waals surface area contributed by atoms with Crippen molar-refractivity contribution in [3.05, 3.63) is 56.7 Å². The molecule has 0 bridgehead atoms. The molecule has 5 nitrogen and oxygen atoms in total. The number of thiophene rings is 1. The van der Waals surface area contributed by atoms with E-state index in [4.69, 9.17) is 4.98 Å². The van der Waals surface area contributed by atoms with E-state index in [0.717, 1.165) is 35.0 Å². The van der Waals surface area contributed by atoms with Crippen molar-refractivity contribution in [1.82, 2.24) is 14.5 Å². The first-order chi connectivity index (χ1) is 14.0. The number of aryl methyl sites for hydroxylation is 2. The Morgan fingerprint density at radius 2 is 2.00 bits per heavy atom. The third kappa shape index (κ3) is 3.98. The van der Waals surface area contributed by atoms with Crippen LogP contribution in [0.5, 0.6) is 0 Å². The van der Waals surface area contributed by atoms with Gasteiger partial charge < -0.3 is 4.90 Å². The van der Waals surface area contributed by atoms with Gasteiger partial charge in [0.15, 0.2) is 5.16 Å². The van der Waals surface area contributed by atoms with Crippen molar-refractivity contribution in [2.45, 2.75) is 49.6 Å². The van der Waals surface area contributed by atoms with Gasteiger partial charge in [0.05, 0.1) is 10.6 Å². The van der Waals surface area contributed by atoms with Crippen LogP contribution < -0.4 is 5.56 Å². The molecule has 1 aliphatic rings. The van der Waals surface area contributed by atoms with E-state index >= 15 is 0 Å². The van der Waals surface area contributed by atoms with Gasteiger partial charge in [-0.3, -0.25) is 14.2 Å². The summed E-state index contributed by atoms with van der Waals surface area (Å²) in [7, 11) is 3.57. The molecule has 29 heavy (non-hydrogen) atoms. The van der Waals surface area contributed by atoms with Crippen molar-refractivity contribution in [2.24, 2.45) is 7.05 Å². The molecular weight excluding hydrogens is 402 g/mol. The number of thioether (sulfide) groups is 1. The molecule has 2 heterocycles. The van der Waals surface area contributed by atoms with Crippen LogP contribution >= 0.6 is 23.1 Å². The Balaban J connectivity index is 1.56. The number of aromatic nitrogens is 2. The summed E-state index contributed by atoms with van der Waals surface area (Å²) in [6.45, 7) is 2.44. The number of rotatable bonds is 5. The number of amides is 1. The molecular formula is C22H25N3O2S2. The fraction of sp³-hybridized carbons (Fsp3) is 0.409. The summed E-state index contributed by atoms with van der Waals surface area (Å²) < 4.78 is 1.61. The van der Waals surface area contributed by atoms with Gasteiger partial charge in [0.2, 0.25) is 5.91 Å². The molecule has 7 heteroatoms. The highest BCUT2D eigenvalue weighted by molar-refractivity contribution is 8.00. The van der Waals surface area contributed by atoms with E-state index < -0.39 is 0 Å². The third-order valence-electron chi connectivity index (χ3n) is 5.42. The largest absolute Gasteiger partial charge is 0.340 e. The van der Waals surface area contributed by atoms with Crippen molar-refractivity contribution < 1.29 is 4.79 Å². The molecule has 1 aliphatic carbocycles. The van der Waals surface area contributed by atoms with Crippen molar-refractivity contribution in [1.29, 1.82) is 0 Å². The molecule has 3 aromatic rings. The van der Waals surface area contributed by atoms with Crippen LogP contribution in [0.15, 0.2) is 40.3 Å². The summed E-state index contributed by atoms with van der Waals surface area (Å²) in [4.78, 5) is 34.5. The van der Waals surface area contributed by atoms with Gasteiger partial charge in [-0.2, -0.15) is 0 Å². The van der Waals surface area contributed by atoms with E-state index in [-0.39, 0.29) is 16.7 Å². The average molecular weight is 428 g/mol. The van der Waals surface area contributed by atoms with Gasteiger partial charge in [0.1, 0.15) is 4.83 Å². The van der Waals surface area contributed by atoms with Crippen LogP contribution in [0.2, 0.25) is 0 Å². The van der Waals surface area contributed by atoms with Gasteiger partial charge in [0, 0.05) is 25.5 Å². The zero-order chi connectivity index (χ0) is 20.5. The van der Waals surface area contributed by atoms with Crippen molar-refractivity contribution in [3.8, 4) is 0 Å². The number of carbonyl (C=O) groups is 1. The summed E-state index contributed by atoms with van der Waals surface area (Å²) in [6.07, 6.45) is 4.33. The van der Waals surface area contributed by atoms with Crippen LogP contribution in [-0.4, -0.2) is 32.7 Å². The standard InChI is InChI=1S/C22H25N3O2S2/c1-14(20(26)24(2)13-15-9-5-4-6-10-15)28-22-23-19-18(21(27)25(22)3)16-11-7-8-12-17(16)29-19/h4-6,9-10,14H,7-8,11-13H2,1-3H3. The molecule has 1 aromatic carbocycles. The Hall–Kier alpha value is -2.12. The van der Waals surface area contributed by atoms with E-state index in [9.17, 15) is 9.59 Å². The van der Waals surface area contributed by atoms with Crippen LogP contribution in [0.4, 0.5) is 0 Å². The highest BCUT2D eigenvalue weighted by Gasteiger charge is 2.24. The van der Waals surface area contributed by atoms with Gasteiger partial charge >= 0.3 is 0 Å². The number of benzene rings is 1. The molecule has 152 valence electrons. The monoisotopic (exact) mass is 427 g/mol. The highest BCUT2D eigenvalue weighted by Crippen LogP contribution is 2.35. The number of carbonyl (C=O) groups excluding carboxylic acids is 1. The minimum Gasteiger partial charge on any atom is -0.340 e. The van der Waals surface area contributed by atoms with Gasteiger partial charge in [0.25, 0.3) is 5.56 Å². The minimum absolute atomic E-state index is 0.00851. The molecule has 0 radical (unpaired) electrons. The van der Waals surface area contributed by atoms with E-state index in [1.165, 1.54) is 28.6 Å². The quantitative estimate of drug-likeness (QED) is 0.456. The molecule has 0 aliphatic heterocycles. The van der Waals surface area contributed by atoms with Gasteiger partial charge in [-0.15, -0.1) is 11.3 Å². The second-order valence-corrected chi connectivity index (χ2v) is 9.98. The zero-order valence-corrected chi connectivity index (χ0v) is 18.6. The maximum atomic E-state index is 13.0. The van der Waals surface area contributed by atoms with Crippen LogP contribution in [-0.2, 0) is 31.2 Å². The van der Waals surface area contributed by atoms with Crippen molar-refractivity contribution in [2.75, 3.05) is 7.05 Å². The van der Waals surface area contributed by atoms with Crippen LogP contribution in [0.1, 0.15) is 35.8 Å². The fourth-order valence-electron chi connectivity index (χ4n) is 3.83. The minimum atomic E-state index is -0.325. The Bertz CT molecular complexity index is 1100. The van der Waals surface area contributed by atoms with Crippen LogP contribution in [0, 0.1) is 0 Å². The summed E-state index contributed by atoms with van der Waals surface area (Å²) in [5.74, 6) is 0.0265. The molecule has 0 saturated carbocycles. The van der Waals surface area contributed by atoms with Crippen molar-refractivity contribution in [3.63, 3.8) is 0 Å². The lowest BCUT2D eigenvalue weighted by Crippen LogP contribution is -2.33. The second kappa shape index (κ2) is 8.32. The normalized spacial score (nSPS) is 14.6. The Labute approximate surface area is 178 Å². The van der Waals surface area contributed by atoms with Gasteiger partial charge in [-0.1, -0.05) is 42.1 Å². The lowest BCUT2D eigenvalue weighted by Gasteiger charge is -2.21. The fourth-order valence-corrected chi connectivity index (χ4v) is 6.12. The predicted octanol–water partition coefficient (Wildman–Crippen LogP) is 4.01. The SMILES string of the molecule is CC(Sc1nc2sc3c(c2c(=O)n1C)CCCC3)C(=O)N(C)Cc1ccccc1. The molecule has 1 amide bonds. The molecule has 4 rings (SSSR count). The first kappa shape index (κ1) is 20.2. The number of nitrogens with zero attached hydrogens (tertiary/aromatic N) is 3. The first-order valence-corrected chi connectivity index (χ1v) is 11.6. The maximum Gasteiger partial charge on any atom is 0.262 e. The van der Waals surface area contributed by atoms with E-state index in [0.29, 0.717) is 11.7 Å². The molecule has 2 aromatic heterocycles. The second-order valence-electron chi connectivity index (χ2n) is 7.59. The summed E-state index contributed by atoms with van der Waals surface area (Å²) >= 11 is 3.01. The molecule has 1 atom stereocenters. The first-order valence-electron chi connectivity index (χ1n) is 9.92. The lowest BCUT2D eigenvalue weighted by molar-refractivity contribution is -0.129. The Kier molecular flexibility index (Phi) is 5.79. The topological polar surface area (TPSA) is 55.2 Å². The average Bonchev–Trinajstić information content (AvgIpc) is 3.10. The van der Waals surface area contributed by atoms with Crippen LogP contribution in [0.25, 0.3) is 10.2 Å². The molecule has 0 N–H and O–H groups in total. The highest BCUT2D eigenvalue weighted by atomic mass is 32.2. The predicted molar refractivity (Wildman–Crippen MR) is 120 cm³/mol. The Morgan fingerprint density at radius 3 is 2.76 bits per heavy atom. The smallest absolute Gasteiger partial charge is 0.262 e.